The van der Waals surface area contributed by atoms with Crippen molar-refractivity contribution >= 4 is 30.2 Å². The Balaban J connectivity index is 2.41. The van der Waals surface area contributed by atoms with Gasteiger partial charge in [0.25, 0.3) is 0 Å². The Morgan fingerprint density at radius 3 is 2.45 bits per heavy atom. The highest BCUT2D eigenvalue weighted by Crippen LogP contribution is 2.63. The third-order valence-electron chi connectivity index (χ3n) is 5.66. The highest BCUT2D eigenvalue weighted by Gasteiger charge is 2.44. The summed E-state index contributed by atoms with van der Waals surface area (Å²) in [5.74, 6) is -3.50. The number of aliphatic carboxylic acids is 2. The summed E-state index contributed by atoms with van der Waals surface area (Å²) in [4.78, 5) is 37.2. The van der Waals surface area contributed by atoms with E-state index < -0.39 is 36.5 Å². The van der Waals surface area contributed by atoms with Gasteiger partial charge in [-0.25, -0.2) is 0 Å². The lowest BCUT2D eigenvalue weighted by molar-refractivity contribution is -0.143. The molecule has 8 heteroatoms. The van der Waals surface area contributed by atoms with Gasteiger partial charge in [0, 0.05) is 29.2 Å². The number of fused-ring (bicyclic) bond motifs is 1. The summed E-state index contributed by atoms with van der Waals surface area (Å²) in [5.41, 5.74) is -0.238. The van der Waals surface area contributed by atoms with Crippen LogP contribution in [-0.2, 0) is 14.2 Å². The van der Waals surface area contributed by atoms with Crippen molar-refractivity contribution in [3.8, 4) is 0 Å². The number of rotatable bonds is 12. The van der Waals surface area contributed by atoms with Crippen LogP contribution in [0.3, 0.4) is 0 Å². The first kappa shape index (κ1) is 23.2. The normalized spacial score (nSPS) is 16.8. The van der Waals surface area contributed by atoms with Gasteiger partial charge in [0.2, 0.25) is 7.37 Å². The number of carboxylic acids is 2. The Hall–Kier alpha value is -2.11. The van der Waals surface area contributed by atoms with E-state index in [1.807, 2.05) is 31.2 Å². The summed E-state index contributed by atoms with van der Waals surface area (Å²) < 4.78 is 13.7. The Kier molecular flexibility index (Phi) is 8.05. The number of nitrogens with one attached hydrogen (secondary N) is 1. The van der Waals surface area contributed by atoms with Crippen molar-refractivity contribution in [2.75, 3.05) is 0 Å². The molecule has 4 N–H and O–H groups in total. The SMILES string of the molecule is CCCCCC(C(CCC(=O)O)C(=O)O)P(=O)(O)C(C)c1c[nH]c2ccccc12. The Labute approximate surface area is 170 Å². The fourth-order valence-electron chi connectivity index (χ4n) is 3.93. The van der Waals surface area contributed by atoms with Gasteiger partial charge < -0.3 is 20.1 Å². The van der Waals surface area contributed by atoms with Crippen LogP contribution in [0.25, 0.3) is 10.9 Å². The molecule has 4 atom stereocenters. The number of H-pyrrole nitrogens is 1. The van der Waals surface area contributed by atoms with E-state index in [-0.39, 0.29) is 19.3 Å². The first-order valence-corrected chi connectivity index (χ1v) is 11.8. The van der Waals surface area contributed by atoms with Crippen LogP contribution in [0.15, 0.2) is 30.5 Å². The molecule has 1 heterocycles. The van der Waals surface area contributed by atoms with Crippen LogP contribution in [0.1, 0.15) is 63.6 Å². The largest absolute Gasteiger partial charge is 0.481 e. The quantitative estimate of drug-likeness (QED) is 0.281. The number of carbonyl (C=O) groups is 2. The van der Waals surface area contributed by atoms with Gasteiger partial charge in [0.05, 0.1) is 11.6 Å². The van der Waals surface area contributed by atoms with E-state index in [4.69, 9.17) is 5.11 Å². The van der Waals surface area contributed by atoms with Gasteiger partial charge in [-0.05, 0) is 31.4 Å². The van der Waals surface area contributed by atoms with Crippen LogP contribution in [0, 0.1) is 5.92 Å². The first-order chi connectivity index (χ1) is 13.7. The highest BCUT2D eigenvalue weighted by molar-refractivity contribution is 7.59. The zero-order valence-electron chi connectivity index (χ0n) is 16.9. The molecule has 2 rings (SSSR count). The third kappa shape index (κ3) is 5.49. The number of benzene rings is 1. The summed E-state index contributed by atoms with van der Waals surface area (Å²) in [6.07, 6.45) is 3.83. The van der Waals surface area contributed by atoms with Crippen LogP contribution >= 0.6 is 7.37 Å². The minimum atomic E-state index is -3.99. The number of para-hydroxylation sites is 1. The second kappa shape index (κ2) is 10.1. The van der Waals surface area contributed by atoms with Gasteiger partial charge in [-0.1, -0.05) is 44.4 Å². The molecular weight excluding hydrogens is 393 g/mol. The molecule has 1 aromatic heterocycles. The smallest absolute Gasteiger partial charge is 0.307 e. The molecular formula is C21H30NO6P. The molecule has 0 saturated heterocycles. The molecule has 0 spiro atoms. The van der Waals surface area contributed by atoms with Crippen molar-refractivity contribution in [2.45, 2.75) is 63.7 Å². The summed E-state index contributed by atoms with van der Waals surface area (Å²) in [6.45, 7) is 3.65. The van der Waals surface area contributed by atoms with Crippen molar-refractivity contribution in [3.05, 3.63) is 36.0 Å². The minimum Gasteiger partial charge on any atom is -0.481 e. The van der Waals surface area contributed by atoms with Crippen LogP contribution in [0.4, 0.5) is 0 Å². The molecule has 160 valence electrons. The molecule has 0 aliphatic carbocycles. The number of carboxylic acid groups (broad SMARTS) is 2. The van der Waals surface area contributed by atoms with Crippen molar-refractivity contribution in [2.24, 2.45) is 5.92 Å². The zero-order valence-corrected chi connectivity index (χ0v) is 17.8. The number of hydrogen-bond acceptors (Lipinski definition) is 3. The third-order valence-corrected chi connectivity index (χ3v) is 8.61. The van der Waals surface area contributed by atoms with Crippen LogP contribution in [0.5, 0.6) is 0 Å². The number of hydrogen-bond donors (Lipinski definition) is 4. The molecule has 0 bridgehead atoms. The van der Waals surface area contributed by atoms with Gasteiger partial charge in [0.15, 0.2) is 0 Å². The number of aromatic nitrogens is 1. The molecule has 0 amide bonds. The predicted octanol–water partition coefficient (Wildman–Crippen LogP) is 5.01. The maximum absolute atomic E-state index is 13.7. The molecule has 0 aliphatic heterocycles. The molecule has 7 nitrogen and oxygen atoms in total. The van der Waals surface area contributed by atoms with Crippen LogP contribution in [-0.4, -0.2) is 37.7 Å². The van der Waals surface area contributed by atoms with Gasteiger partial charge in [-0.2, -0.15) is 0 Å². The van der Waals surface area contributed by atoms with Crippen LogP contribution in [0.2, 0.25) is 0 Å². The second-order valence-electron chi connectivity index (χ2n) is 7.58. The lowest BCUT2D eigenvalue weighted by Gasteiger charge is -2.32. The van der Waals surface area contributed by atoms with Gasteiger partial charge in [0.1, 0.15) is 0 Å². The molecule has 0 fully saturated rings. The second-order valence-corrected chi connectivity index (χ2v) is 10.4. The van der Waals surface area contributed by atoms with E-state index >= 15 is 0 Å². The Morgan fingerprint density at radius 2 is 1.83 bits per heavy atom. The van der Waals surface area contributed by atoms with E-state index in [9.17, 15) is 24.2 Å². The standard InChI is InChI=1S/C21H30NO6P/c1-3-4-5-10-19(16(21(25)26)11-12-20(23)24)29(27,28)14(2)17-13-22-18-9-7-6-8-15(17)18/h6-9,13-14,16,19,22H,3-5,10-12H2,1-2H3,(H,23,24)(H,25,26)(H,27,28). The highest BCUT2D eigenvalue weighted by atomic mass is 31.2. The molecule has 29 heavy (non-hydrogen) atoms. The lowest BCUT2D eigenvalue weighted by Crippen LogP contribution is -2.30. The first-order valence-electron chi connectivity index (χ1n) is 10.0. The van der Waals surface area contributed by atoms with E-state index in [1.165, 1.54) is 0 Å². The number of unbranched alkanes of at least 4 members (excludes halogenated alkanes) is 2. The van der Waals surface area contributed by atoms with Crippen molar-refractivity contribution in [1.29, 1.82) is 0 Å². The topological polar surface area (TPSA) is 128 Å². The molecule has 0 saturated carbocycles. The fraction of sp³-hybridized carbons (Fsp3) is 0.524. The average Bonchev–Trinajstić information content (AvgIpc) is 3.09. The summed E-state index contributed by atoms with van der Waals surface area (Å²) in [6, 6.07) is 7.45. The molecule has 1 aromatic carbocycles. The fourth-order valence-corrected chi connectivity index (χ4v) is 6.46. The number of aromatic amines is 1. The van der Waals surface area contributed by atoms with Crippen LogP contribution < -0.4 is 0 Å². The predicted molar refractivity (Wildman–Crippen MR) is 112 cm³/mol. The van der Waals surface area contributed by atoms with E-state index in [2.05, 4.69) is 4.98 Å². The van der Waals surface area contributed by atoms with Gasteiger partial charge >= 0.3 is 11.9 Å². The van der Waals surface area contributed by atoms with Gasteiger partial charge in [-0.15, -0.1) is 0 Å². The monoisotopic (exact) mass is 423 g/mol. The maximum Gasteiger partial charge on any atom is 0.307 e. The van der Waals surface area contributed by atoms with Gasteiger partial charge in [-0.3, -0.25) is 14.2 Å². The van der Waals surface area contributed by atoms with Crippen molar-refractivity contribution < 1.29 is 29.3 Å². The molecule has 2 aromatic rings. The van der Waals surface area contributed by atoms with E-state index in [1.54, 1.807) is 13.1 Å². The average molecular weight is 423 g/mol. The zero-order chi connectivity index (χ0) is 21.6. The lowest BCUT2D eigenvalue weighted by atomic mass is 9.95. The molecule has 4 unspecified atom stereocenters. The summed E-state index contributed by atoms with van der Waals surface area (Å²) >= 11 is 0. The van der Waals surface area contributed by atoms with Crippen molar-refractivity contribution in [1.82, 2.24) is 4.98 Å². The summed E-state index contributed by atoms with van der Waals surface area (Å²) in [7, 11) is -3.99. The Bertz CT molecular complexity index is 892. The minimum absolute atomic E-state index is 0.160. The molecule has 0 aliphatic rings. The van der Waals surface area contributed by atoms with E-state index in [0.29, 0.717) is 12.0 Å². The molecule has 0 radical (unpaired) electrons. The maximum atomic E-state index is 13.7. The van der Waals surface area contributed by atoms with E-state index in [0.717, 1.165) is 23.7 Å². The summed E-state index contributed by atoms with van der Waals surface area (Å²) in [5, 5.41) is 19.6. The Morgan fingerprint density at radius 1 is 1.14 bits per heavy atom. The van der Waals surface area contributed by atoms with Crippen molar-refractivity contribution in [3.63, 3.8) is 0 Å².